The van der Waals surface area contributed by atoms with Crippen molar-refractivity contribution in [3.05, 3.63) is 30.1 Å². The van der Waals surface area contributed by atoms with Crippen LogP contribution in [0.15, 0.2) is 24.5 Å². The van der Waals surface area contributed by atoms with E-state index >= 15 is 0 Å². The van der Waals surface area contributed by atoms with Gasteiger partial charge in [0.25, 0.3) is 0 Å². The molecular formula is C12H15N3O2S. The second kappa shape index (κ2) is 5.86. The first-order valence-electron chi connectivity index (χ1n) is 5.74. The van der Waals surface area contributed by atoms with Gasteiger partial charge >= 0.3 is 0 Å². The molecule has 6 heteroatoms. The fourth-order valence-corrected chi connectivity index (χ4v) is 3.05. The van der Waals surface area contributed by atoms with Crippen LogP contribution in [-0.2, 0) is 9.59 Å². The molecule has 1 N–H and O–H groups in total. The quantitative estimate of drug-likeness (QED) is 0.874. The van der Waals surface area contributed by atoms with Crippen LogP contribution in [0.5, 0.6) is 0 Å². The lowest BCUT2D eigenvalue weighted by Gasteiger charge is -2.23. The summed E-state index contributed by atoms with van der Waals surface area (Å²) in [6.45, 7) is 2.49. The van der Waals surface area contributed by atoms with Crippen LogP contribution < -0.4 is 5.32 Å². The molecule has 1 aliphatic heterocycles. The number of pyridine rings is 1. The number of nitrogens with one attached hydrogen (secondary N) is 1. The molecule has 1 unspecified atom stereocenters. The van der Waals surface area contributed by atoms with Crippen LogP contribution in [0.3, 0.4) is 0 Å². The SMILES string of the molecule is CC(=O)NCCN1C(=O)CSC1c1cccnc1. The van der Waals surface area contributed by atoms with Crippen molar-refractivity contribution in [3.8, 4) is 0 Å². The number of nitrogens with zero attached hydrogens (tertiary/aromatic N) is 2. The fraction of sp³-hybridized carbons (Fsp3) is 0.417. The molecule has 5 nitrogen and oxygen atoms in total. The highest BCUT2D eigenvalue weighted by Crippen LogP contribution is 2.37. The molecular weight excluding hydrogens is 250 g/mol. The van der Waals surface area contributed by atoms with Gasteiger partial charge in [-0.15, -0.1) is 11.8 Å². The Labute approximate surface area is 110 Å². The van der Waals surface area contributed by atoms with E-state index in [1.165, 1.54) is 6.92 Å². The maximum absolute atomic E-state index is 11.8. The first-order valence-corrected chi connectivity index (χ1v) is 6.79. The molecule has 1 aliphatic rings. The third kappa shape index (κ3) is 3.01. The summed E-state index contributed by atoms with van der Waals surface area (Å²) < 4.78 is 0. The first-order chi connectivity index (χ1) is 8.68. The second-order valence-electron chi connectivity index (χ2n) is 4.02. The minimum atomic E-state index is -0.0766. The molecule has 1 aromatic rings. The van der Waals surface area contributed by atoms with Crippen LogP contribution in [0, 0.1) is 0 Å². The summed E-state index contributed by atoms with van der Waals surface area (Å²) in [7, 11) is 0. The zero-order chi connectivity index (χ0) is 13.0. The molecule has 0 bridgehead atoms. The number of aromatic nitrogens is 1. The third-order valence-electron chi connectivity index (χ3n) is 2.66. The lowest BCUT2D eigenvalue weighted by atomic mass is 10.2. The van der Waals surface area contributed by atoms with Crippen LogP contribution in [-0.4, -0.2) is 40.5 Å². The Kier molecular flexibility index (Phi) is 4.19. The molecule has 2 amide bonds. The van der Waals surface area contributed by atoms with Gasteiger partial charge in [0.15, 0.2) is 0 Å². The van der Waals surface area contributed by atoms with Crippen molar-refractivity contribution in [1.29, 1.82) is 0 Å². The minimum Gasteiger partial charge on any atom is -0.355 e. The Bertz CT molecular complexity index is 438. The predicted molar refractivity (Wildman–Crippen MR) is 69.8 cm³/mol. The number of hydrogen-bond donors (Lipinski definition) is 1. The van der Waals surface area contributed by atoms with Crippen LogP contribution in [0.1, 0.15) is 17.9 Å². The number of amides is 2. The maximum atomic E-state index is 11.8. The van der Waals surface area contributed by atoms with Gasteiger partial charge in [0.1, 0.15) is 5.37 Å². The monoisotopic (exact) mass is 265 g/mol. The third-order valence-corrected chi connectivity index (χ3v) is 3.92. The zero-order valence-corrected chi connectivity index (χ0v) is 10.9. The van der Waals surface area contributed by atoms with Crippen molar-refractivity contribution in [3.63, 3.8) is 0 Å². The van der Waals surface area contributed by atoms with Gasteiger partial charge in [-0.1, -0.05) is 6.07 Å². The minimum absolute atomic E-state index is 0.0139. The average Bonchev–Trinajstić information content (AvgIpc) is 2.72. The molecule has 18 heavy (non-hydrogen) atoms. The molecule has 0 aromatic carbocycles. The first kappa shape index (κ1) is 12.9. The molecule has 1 saturated heterocycles. The molecule has 1 aromatic heterocycles. The summed E-state index contributed by atoms with van der Waals surface area (Å²) >= 11 is 1.59. The van der Waals surface area contributed by atoms with Crippen LogP contribution >= 0.6 is 11.8 Å². The largest absolute Gasteiger partial charge is 0.355 e. The average molecular weight is 265 g/mol. The smallest absolute Gasteiger partial charge is 0.233 e. The summed E-state index contributed by atoms with van der Waals surface area (Å²) in [5.74, 6) is 0.519. The van der Waals surface area contributed by atoms with Gasteiger partial charge in [0.2, 0.25) is 11.8 Å². The van der Waals surface area contributed by atoms with Crippen LogP contribution in [0.2, 0.25) is 0 Å². The standard InChI is InChI=1S/C12H15N3O2S/c1-9(16)14-5-6-15-11(17)8-18-12(15)10-3-2-4-13-7-10/h2-4,7,12H,5-6,8H2,1H3,(H,14,16). The van der Waals surface area contributed by atoms with Gasteiger partial charge in [-0.3, -0.25) is 14.6 Å². The van der Waals surface area contributed by atoms with Crippen LogP contribution in [0.4, 0.5) is 0 Å². The maximum Gasteiger partial charge on any atom is 0.233 e. The zero-order valence-electron chi connectivity index (χ0n) is 10.1. The molecule has 2 rings (SSSR count). The Morgan fingerprint density at radius 3 is 3.17 bits per heavy atom. The van der Waals surface area contributed by atoms with Gasteiger partial charge in [-0.2, -0.15) is 0 Å². The van der Waals surface area contributed by atoms with Crippen molar-refractivity contribution >= 4 is 23.6 Å². The van der Waals surface area contributed by atoms with E-state index in [0.717, 1.165) is 5.56 Å². The van der Waals surface area contributed by atoms with E-state index in [0.29, 0.717) is 18.8 Å². The van der Waals surface area contributed by atoms with Crippen molar-refractivity contribution in [2.24, 2.45) is 0 Å². The summed E-state index contributed by atoms with van der Waals surface area (Å²) in [6.07, 6.45) is 3.49. The predicted octanol–water partition coefficient (Wildman–Crippen LogP) is 0.792. The fourth-order valence-electron chi connectivity index (χ4n) is 1.85. The molecule has 0 saturated carbocycles. The molecule has 1 atom stereocenters. The number of carbonyl (C=O) groups excluding carboxylic acids is 2. The van der Waals surface area contributed by atoms with E-state index in [-0.39, 0.29) is 17.2 Å². The normalized spacial score (nSPS) is 19.1. The van der Waals surface area contributed by atoms with Crippen LogP contribution in [0.25, 0.3) is 0 Å². The molecule has 0 radical (unpaired) electrons. The summed E-state index contributed by atoms with van der Waals surface area (Å²) in [4.78, 5) is 28.5. The van der Waals surface area contributed by atoms with Gasteiger partial charge in [-0.05, 0) is 6.07 Å². The summed E-state index contributed by atoms with van der Waals surface area (Å²) in [5.41, 5.74) is 1.02. The van der Waals surface area contributed by atoms with Crippen molar-refractivity contribution in [1.82, 2.24) is 15.2 Å². The molecule has 96 valence electrons. The van der Waals surface area contributed by atoms with Gasteiger partial charge in [0, 0.05) is 38.0 Å². The highest BCUT2D eigenvalue weighted by Gasteiger charge is 2.32. The van der Waals surface area contributed by atoms with Gasteiger partial charge < -0.3 is 10.2 Å². The molecule has 2 heterocycles. The van der Waals surface area contributed by atoms with Gasteiger partial charge in [-0.25, -0.2) is 0 Å². The van der Waals surface area contributed by atoms with Crippen molar-refractivity contribution in [2.75, 3.05) is 18.8 Å². The van der Waals surface area contributed by atoms with E-state index in [2.05, 4.69) is 10.3 Å². The van der Waals surface area contributed by atoms with E-state index in [1.54, 1.807) is 29.1 Å². The Morgan fingerprint density at radius 1 is 1.67 bits per heavy atom. The summed E-state index contributed by atoms with van der Waals surface area (Å²) in [6, 6.07) is 3.83. The summed E-state index contributed by atoms with van der Waals surface area (Å²) in [5, 5.41) is 2.72. The molecule has 0 spiro atoms. The second-order valence-corrected chi connectivity index (χ2v) is 5.09. The topological polar surface area (TPSA) is 62.3 Å². The number of carbonyl (C=O) groups is 2. The molecule has 0 aliphatic carbocycles. The number of thioether (sulfide) groups is 1. The highest BCUT2D eigenvalue weighted by atomic mass is 32.2. The Hall–Kier alpha value is -1.56. The Balaban J connectivity index is 2.01. The number of hydrogen-bond acceptors (Lipinski definition) is 4. The van der Waals surface area contributed by atoms with Gasteiger partial charge in [0.05, 0.1) is 5.75 Å². The van der Waals surface area contributed by atoms with E-state index in [9.17, 15) is 9.59 Å². The van der Waals surface area contributed by atoms with Crippen molar-refractivity contribution < 1.29 is 9.59 Å². The van der Waals surface area contributed by atoms with E-state index in [4.69, 9.17) is 0 Å². The van der Waals surface area contributed by atoms with Crippen molar-refractivity contribution in [2.45, 2.75) is 12.3 Å². The number of rotatable bonds is 4. The Morgan fingerprint density at radius 2 is 2.50 bits per heavy atom. The lowest BCUT2D eigenvalue weighted by molar-refractivity contribution is -0.128. The lowest BCUT2D eigenvalue weighted by Crippen LogP contribution is -2.36. The van der Waals surface area contributed by atoms with E-state index < -0.39 is 0 Å². The molecule has 1 fully saturated rings. The van der Waals surface area contributed by atoms with E-state index in [1.807, 2.05) is 12.1 Å². The highest BCUT2D eigenvalue weighted by molar-refractivity contribution is 8.00.